The molecule has 102 valence electrons. The van der Waals surface area contributed by atoms with Crippen LogP contribution in [0.4, 0.5) is 4.39 Å². The van der Waals surface area contributed by atoms with Gasteiger partial charge in [0.25, 0.3) is 0 Å². The van der Waals surface area contributed by atoms with Gasteiger partial charge in [-0.3, -0.25) is 0 Å². The molecule has 0 aliphatic heterocycles. The first-order chi connectivity index (χ1) is 9.15. The molecule has 0 radical (unpaired) electrons. The molecule has 1 N–H and O–H groups in total. The Balaban J connectivity index is 2.07. The van der Waals surface area contributed by atoms with Gasteiger partial charge in [-0.25, -0.2) is 9.18 Å². The third-order valence-corrected chi connectivity index (χ3v) is 3.29. The van der Waals surface area contributed by atoms with Crippen LogP contribution < -0.4 is 0 Å². The maximum Gasteiger partial charge on any atom is 0.328 e. The zero-order valence-electron chi connectivity index (χ0n) is 10.6. The SMILES string of the molecule is O=C(O)C=Cc1cc(F)ccc1COC1CCCC1. The van der Waals surface area contributed by atoms with E-state index in [0.29, 0.717) is 12.2 Å². The van der Waals surface area contributed by atoms with Crippen LogP contribution in [0.3, 0.4) is 0 Å². The molecule has 0 saturated heterocycles. The highest BCUT2D eigenvalue weighted by Crippen LogP contribution is 2.23. The van der Waals surface area contributed by atoms with E-state index in [-0.39, 0.29) is 11.9 Å². The fourth-order valence-electron chi connectivity index (χ4n) is 2.28. The van der Waals surface area contributed by atoms with Crippen LogP contribution in [-0.2, 0) is 16.1 Å². The fraction of sp³-hybridized carbons (Fsp3) is 0.400. The standard InChI is InChI=1S/C15H17FO3/c16-13-7-5-12(10-19-14-3-1-2-4-14)11(9-13)6-8-15(17)18/h5-9,14H,1-4,10H2,(H,17,18). The van der Waals surface area contributed by atoms with Crippen LogP contribution >= 0.6 is 0 Å². The summed E-state index contributed by atoms with van der Waals surface area (Å²) in [5.41, 5.74) is 1.37. The number of rotatable bonds is 5. The maximum absolute atomic E-state index is 13.2. The van der Waals surface area contributed by atoms with Crippen molar-refractivity contribution in [3.05, 3.63) is 41.2 Å². The number of benzene rings is 1. The zero-order chi connectivity index (χ0) is 13.7. The van der Waals surface area contributed by atoms with E-state index >= 15 is 0 Å². The molecule has 0 bridgehead atoms. The highest BCUT2D eigenvalue weighted by molar-refractivity contribution is 5.85. The molecule has 1 saturated carbocycles. The summed E-state index contributed by atoms with van der Waals surface area (Å²) >= 11 is 0. The Morgan fingerprint density at radius 2 is 2.16 bits per heavy atom. The normalized spacial score (nSPS) is 16.3. The molecule has 0 amide bonds. The summed E-state index contributed by atoms with van der Waals surface area (Å²) in [5.74, 6) is -1.43. The van der Waals surface area contributed by atoms with Crippen molar-refractivity contribution in [3.8, 4) is 0 Å². The number of carbonyl (C=O) groups is 1. The van der Waals surface area contributed by atoms with Crippen LogP contribution in [-0.4, -0.2) is 17.2 Å². The molecule has 0 spiro atoms. The van der Waals surface area contributed by atoms with E-state index in [4.69, 9.17) is 9.84 Å². The van der Waals surface area contributed by atoms with E-state index in [0.717, 1.165) is 24.5 Å². The Morgan fingerprint density at radius 3 is 2.84 bits per heavy atom. The predicted octanol–water partition coefficient (Wildman–Crippen LogP) is 3.38. The minimum absolute atomic E-state index is 0.279. The number of carboxylic acids is 1. The average molecular weight is 264 g/mol. The van der Waals surface area contributed by atoms with E-state index in [2.05, 4.69) is 0 Å². The van der Waals surface area contributed by atoms with Crippen LogP contribution in [0.25, 0.3) is 6.08 Å². The number of hydrogen-bond acceptors (Lipinski definition) is 2. The lowest BCUT2D eigenvalue weighted by Gasteiger charge is -2.12. The lowest BCUT2D eigenvalue weighted by Crippen LogP contribution is -2.08. The van der Waals surface area contributed by atoms with Gasteiger partial charge < -0.3 is 9.84 Å². The monoisotopic (exact) mass is 264 g/mol. The molecule has 1 fully saturated rings. The second-order valence-electron chi connectivity index (χ2n) is 4.73. The van der Waals surface area contributed by atoms with Crippen LogP contribution in [0.5, 0.6) is 0 Å². The fourth-order valence-corrected chi connectivity index (χ4v) is 2.28. The number of carboxylic acid groups (broad SMARTS) is 1. The molecule has 1 aliphatic carbocycles. The van der Waals surface area contributed by atoms with Crippen molar-refractivity contribution in [2.75, 3.05) is 0 Å². The topological polar surface area (TPSA) is 46.5 Å². The smallest absolute Gasteiger partial charge is 0.328 e. The van der Waals surface area contributed by atoms with Crippen molar-refractivity contribution in [2.45, 2.75) is 38.4 Å². The molecule has 1 aromatic rings. The van der Waals surface area contributed by atoms with Crippen molar-refractivity contribution >= 4 is 12.0 Å². The van der Waals surface area contributed by atoms with Crippen LogP contribution in [0, 0.1) is 5.82 Å². The number of halogens is 1. The zero-order valence-corrected chi connectivity index (χ0v) is 10.6. The van der Waals surface area contributed by atoms with E-state index in [1.54, 1.807) is 6.07 Å². The van der Waals surface area contributed by atoms with E-state index in [9.17, 15) is 9.18 Å². The van der Waals surface area contributed by atoms with Gasteiger partial charge in [-0.2, -0.15) is 0 Å². The Morgan fingerprint density at radius 1 is 1.42 bits per heavy atom. The second kappa shape index (κ2) is 6.48. The number of aliphatic carboxylic acids is 1. The molecular weight excluding hydrogens is 247 g/mol. The largest absolute Gasteiger partial charge is 0.478 e. The summed E-state index contributed by atoms with van der Waals surface area (Å²) in [7, 11) is 0. The first-order valence-corrected chi connectivity index (χ1v) is 6.46. The van der Waals surface area contributed by atoms with Crippen molar-refractivity contribution in [2.24, 2.45) is 0 Å². The van der Waals surface area contributed by atoms with Gasteiger partial charge in [0.2, 0.25) is 0 Å². The molecule has 0 aromatic heterocycles. The Hall–Kier alpha value is -1.68. The molecular formula is C15H17FO3. The minimum Gasteiger partial charge on any atom is -0.478 e. The lowest BCUT2D eigenvalue weighted by atomic mass is 10.1. The van der Waals surface area contributed by atoms with Gasteiger partial charge in [-0.05, 0) is 42.2 Å². The van der Waals surface area contributed by atoms with Crippen LogP contribution in [0.15, 0.2) is 24.3 Å². The lowest BCUT2D eigenvalue weighted by molar-refractivity contribution is -0.131. The quantitative estimate of drug-likeness (QED) is 0.829. The van der Waals surface area contributed by atoms with Gasteiger partial charge in [0.05, 0.1) is 12.7 Å². The van der Waals surface area contributed by atoms with Crippen molar-refractivity contribution in [1.29, 1.82) is 0 Å². The number of hydrogen-bond donors (Lipinski definition) is 1. The van der Waals surface area contributed by atoms with Crippen molar-refractivity contribution < 1.29 is 19.0 Å². The van der Waals surface area contributed by atoms with Gasteiger partial charge >= 0.3 is 5.97 Å². The summed E-state index contributed by atoms with van der Waals surface area (Å²) in [6.07, 6.45) is 7.22. The number of ether oxygens (including phenoxy) is 1. The second-order valence-corrected chi connectivity index (χ2v) is 4.73. The molecule has 0 unspecified atom stereocenters. The first-order valence-electron chi connectivity index (χ1n) is 6.46. The predicted molar refractivity (Wildman–Crippen MR) is 70.1 cm³/mol. The first kappa shape index (κ1) is 13.7. The van der Waals surface area contributed by atoms with Gasteiger partial charge in [0.1, 0.15) is 5.82 Å². The molecule has 19 heavy (non-hydrogen) atoms. The van der Waals surface area contributed by atoms with Crippen LogP contribution in [0.2, 0.25) is 0 Å². The maximum atomic E-state index is 13.2. The molecule has 0 atom stereocenters. The van der Waals surface area contributed by atoms with Gasteiger partial charge in [-0.1, -0.05) is 18.9 Å². The summed E-state index contributed by atoms with van der Waals surface area (Å²) in [6, 6.07) is 4.34. The summed E-state index contributed by atoms with van der Waals surface area (Å²) in [5, 5.41) is 8.63. The minimum atomic E-state index is -1.05. The Bertz CT molecular complexity index is 476. The molecule has 2 rings (SSSR count). The van der Waals surface area contributed by atoms with Gasteiger partial charge in [-0.15, -0.1) is 0 Å². The van der Waals surface area contributed by atoms with E-state index in [1.807, 2.05) is 0 Å². The highest BCUT2D eigenvalue weighted by Gasteiger charge is 2.15. The average Bonchev–Trinajstić information content (AvgIpc) is 2.88. The molecule has 4 heteroatoms. The molecule has 0 heterocycles. The third-order valence-electron chi connectivity index (χ3n) is 3.29. The summed E-state index contributed by atoms with van der Waals surface area (Å²) in [6.45, 7) is 0.393. The van der Waals surface area contributed by atoms with Crippen LogP contribution in [0.1, 0.15) is 36.8 Å². The molecule has 1 aliphatic rings. The summed E-state index contributed by atoms with van der Waals surface area (Å²) in [4.78, 5) is 10.5. The van der Waals surface area contributed by atoms with Crippen molar-refractivity contribution in [1.82, 2.24) is 0 Å². The highest BCUT2D eigenvalue weighted by atomic mass is 19.1. The molecule has 1 aromatic carbocycles. The van der Waals surface area contributed by atoms with Gasteiger partial charge in [0.15, 0.2) is 0 Å². The molecule has 3 nitrogen and oxygen atoms in total. The van der Waals surface area contributed by atoms with Crippen molar-refractivity contribution in [3.63, 3.8) is 0 Å². The third kappa shape index (κ3) is 4.17. The van der Waals surface area contributed by atoms with E-state index in [1.165, 1.54) is 31.1 Å². The summed E-state index contributed by atoms with van der Waals surface area (Å²) < 4.78 is 19.0. The van der Waals surface area contributed by atoms with Gasteiger partial charge in [0, 0.05) is 6.08 Å². The van der Waals surface area contributed by atoms with E-state index < -0.39 is 5.97 Å². The Kier molecular flexibility index (Phi) is 4.68. The Labute approximate surface area is 111 Å².